The molecule has 0 aliphatic carbocycles. The van der Waals surface area contributed by atoms with Gasteiger partial charge in [0.2, 0.25) is 0 Å². The van der Waals surface area contributed by atoms with Crippen molar-refractivity contribution in [3.8, 4) is 0 Å². The van der Waals surface area contributed by atoms with Crippen LogP contribution in [0.3, 0.4) is 0 Å². The van der Waals surface area contributed by atoms with Gasteiger partial charge in [-0.05, 0) is 32.7 Å². The fourth-order valence-electron chi connectivity index (χ4n) is 1.36. The molecule has 1 rings (SSSR count). The van der Waals surface area contributed by atoms with Crippen molar-refractivity contribution < 1.29 is 4.74 Å². The van der Waals surface area contributed by atoms with Crippen LogP contribution < -0.4 is 5.32 Å². The van der Waals surface area contributed by atoms with Gasteiger partial charge >= 0.3 is 0 Å². The summed E-state index contributed by atoms with van der Waals surface area (Å²) in [5.74, 6) is 0. The minimum atomic E-state index is 0.443. The van der Waals surface area contributed by atoms with E-state index >= 15 is 0 Å². The van der Waals surface area contributed by atoms with Crippen LogP contribution in [-0.2, 0) is 4.74 Å². The normalized spacial score (nSPS) is 23.9. The number of ether oxygens (including phenoxy) is 1. The van der Waals surface area contributed by atoms with Crippen molar-refractivity contribution in [2.24, 2.45) is 0 Å². The highest BCUT2D eigenvalue weighted by Crippen LogP contribution is 2.07. The summed E-state index contributed by atoms with van der Waals surface area (Å²) in [6.45, 7) is 8.90. The highest BCUT2D eigenvalue weighted by atomic mass is 16.5. The van der Waals surface area contributed by atoms with Crippen molar-refractivity contribution in [3.63, 3.8) is 0 Å². The van der Waals surface area contributed by atoms with Gasteiger partial charge < -0.3 is 10.1 Å². The lowest BCUT2D eigenvalue weighted by Crippen LogP contribution is -2.35. The minimum Gasteiger partial charge on any atom is -0.377 e. The fraction of sp³-hybridized carbons (Fsp3) is 0.800. The Hall–Kier alpha value is -0.340. The first-order chi connectivity index (χ1) is 5.79. The number of hydrogen-bond acceptors (Lipinski definition) is 2. The third-order valence-electron chi connectivity index (χ3n) is 2.13. The van der Waals surface area contributed by atoms with Crippen LogP contribution in [0.15, 0.2) is 12.2 Å². The van der Waals surface area contributed by atoms with Gasteiger partial charge in [-0.3, -0.25) is 0 Å². The average molecular weight is 169 g/mol. The Morgan fingerprint density at radius 1 is 1.67 bits per heavy atom. The number of rotatable bonds is 4. The van der Waals surface area contributed by atoms with E-state index in [1.807, 2.05) is 6.92 Å². The Bertz CT molecular complexity index is 139. The molecule has 1 N–H and O–H groups in total. The second kappa shape index (κ2) is 5.33. The van der Waals surface area contributed by atoms with Crippen LogP contribution in [0.5, 0.6) is 0 Å². The van der Waals surface area contributed by atoms with Gasteiger partial charge in [0.15, 0.2) is 0 Å². The van der Waals surface area contributed by atoms with Crippen LogP contribution >= 0.6 is 0 Å². The lowest BCUT2D eigenvalue weighted by Gasteiger charge is -2.22. The van der Waals surface area contributed by atoms with Gasteiger partial charge in [0, 0.05) is 6.54 Å². The van der Waals surface area contributed by atoms with E-state index in [0.717, 1.165) is 26.1 Å². The molecule has 0 bridgehead atoms. The van der Waals surface area contributed by atoms with Gasteiger partial charge in [0.05, 0.1) is 12.7 Å². The Balaban J connectivity index is 2.01. The fourth-order valence-corrected chi connectivity index (χ4v) is 1.36. The van der Waals surface area contributed by atoms with Crippen molar-refractivity contribution in [2.75, 3.05) is 19.7 Å². The van der Waals surface area contributed by atoms with E-state index in [1.165, 1.54) is 18.4 Å². The molecule has 0 aromatic heterocycles. The van der Waals surface area contributed by atoms with E-state index in [1.54, 1.807) is 0 Å². The standard InChI is InChI=1S/C10H19NO/c1-9(2)5-7-12-10-4-3-6-11-8-10/h10-11H,1,3-8H2,2H3. The Labute approximate surface area is 75.0 Å². The molecule has 70 valence electrons. The molecule has 0 saturated carbocycles. The first kappa shape index (κ1) is 9.75. The molecule has 0 spiro atoms. The molecular weight excluding hydrogens is 150 g/mol. The molecule has 2 nitrogen and oxygen atoms in total. The molecule has 12 heavy (non-hydrogen) atoms. The molecule has 0 radical (unpaired) electrons. The van der Waals surface area contributed by atoms with Gasteiger partial charge in [-0.15, -0.1) is 6.58 Å². The van der Waals surface area contributed by atoms with E-state index in [-0.39, 0.29) is 0 Å². The second-order valence-corrected chi connectivity index (χ2v) is 3.55. The van der Waals surface area contributed by atoms with Crippen molar-refractivity contribution in [1.29, 1.82) is 0 Å². The Morgan fingerprint density at radius 3 is 3.08 bits per heavy atom. The summed E-state index contributed by atoms with van der Waals surface area (Å²) in [6, 6.07) is 0. The first-order valence-corrected chi connectivity index (χ1v) is 4.76. The van der Waals surface area contributed by atoms with Gasteiger partial charge in [0.25, 0.3) is 0 Å². The third-order valence-corrected chi connectivity index (χ3v) is 2.13. The summed E-state index contributed by atoms with van der Waals surface area (Å²) in [7, 11) is 0. The van der Waals surface area contributed by atoms with E-state index in [9.17, 15) is 0 Å². The quantitative estimate of drug-likeness (QED) is 0.647. The monoisotopic (exact) mass is 169 g/mol. The molecule has 0 aromatic carbocycles. The van der Waals surface area contributed by atoms with Crippen LogP contribution in [0, 0.1) is 0 Å². The predicted molar refractivity (Wildman–Crippen MR) is 51.3 cm³/mol. The predicted octanol–water partition coefficient (Wildman–Crippen LogP) is 1.72. The average Bonchev–Trinajstić information content (AvgIpc) is 2.05. The third kappa shape index (κ3) is 3.88. The summed E-state index contributed by atoms with van der Waals surface area (Å²) < 4.78 is 5.67. The van der Waals surface area contributed by atoms with Crippen molar-refractivity contribution in [3.05, 3.63) is 12.2 Å². The summed E-state index contributed by atoms with van der Waals surface area (Å²) in [5.41, 5.74) is 1.21. The SMILES string of the molecule is C=C(C)CCOC1CCCNC1. The highest BCUT2D eigenvalue weighted by molar-refractivity contribution is 4.87. The summed E-state index contributed by atoms with van der Waals surface area (Å²) in [6.07, 6.45) is 3.90. The van der Waals surface area contributed by atoms with Gasteiger partial charge in [-0.25, -0.2) is 0 Å². The lowest BCUT2D eigenvalue weighted by atomic mass is 10.1. The number of piperidine rings is 1. The molecule has 1 atom stereocenters. The maximum atomic E-state index is 5.67. The van der Waals surface area contributed by atoms with E-state index in [0.29, 0.717) is 6.10 Å². The van der Waals surface area contributed by atoms with Crippen LogP contribution in [0.1, 0.15) is 26.2 Å². The van der Waals surface area contributed by atoms with Crippen molar-refractivity contribution in [1.82, 2.24) is 5.32 Å². The van der Waals surface area contributed by atoms with E-state index in [4.69, 9.17) is 4.74 Å². The van der Waals surface area contributed by atoms with Gasteiger partial charge in [-0.2, -0.15) is 0 Å². The Kier molecular flexibility index (Phi) is 4.33. The Morgan fingerprint density at radius 2 is 2.50 bits per heavy atom. The maximum absolute atomic E-state index is 5.67. The van der Waals surface area contributed by atoms with Crippen LogP contribution in [0.25, 0.3) is 0 Å². The molecule has 1 fully saturated rings. The number of hydrogen-bond donors (Lipinski definition) is 1. The van der Waals surface area contributed by atoms with Crippen LogP contribution in [0.4, 0.5) is 0 Å². The molecule has 2 heteroatoms. The zero-order valence-electron chi connectivity index (χ0n) is 7.94. The summed E-state index contributed by atoms with van der Waals surface area (Å²) in [5, 5.41) is 3.33. The molecule has 0 aromatic rings. The zero-order valence-corrected chi connectivity index (χ0v) is 7.94. The van der Waals surface area contributed by atoms with Crippen molar-refractivity contribution in [2.45, 2.75) is 32.3 Å². The summed E-state index contributed by atoms with van der Waals surface area (Å²) in [4.78, 5) is 0. The molecule has 0 amide bonds. The smallest absolute Gasteiger partial charge is 0.0700 e. The molecular formula is C10H19NO. The van der Waals surface area contributed by atoms with Crippen molar-refractivity contribution >= 4 is 0 Å². The second-order valence-electron chi connectivity index (χ2n) is 3.55. The van der Waals surface area contributed by atoms with E-state index < -0.39 is 0 Å². The highest BCUT2D eigenvalue weighted by Gasteiger charge is 2.12. The molecule has 1 aliphatic heterocycles. The molecule has 1 unspecified atom stereocenters. The topological polar surface area (TPSA) is 21.3 Å². The van der Waals surface area contributed by atoms with Crippen LogP contribution in [0.2, 0.25) is 0 Å². The maximum Gasteiger partial charge on any atom is 0.0700 e. The van der Waals surface area contributed by atoms with Gasteiger partial charge in [0.1, 0.15) is 0 Å². The van der Waals surface area contributed by atoms with Crippen LogP contribution in [-0.4, -0.2) is 25.8 Å². The zero-order chi connectivity index (χ0) is 8.81. The minimum absolute atomic E-state index is 0.443. The molecule has 1 heterocycles. The summed E-state index contributed by atoms with van der Waals surface area (Å²) >= 11 is 0. The first-order valence-electron chi connectivity index (χ1n) is 4.76. The lowest BCUT2D eigenvalue weighted by molar-refractivity contribution is 0.0390. The molecule has 1 saturated heterocycles. The molecule has 1 aliphatic rings. The largest absolute Gasteiger partial charge is 0.377 e. The van der Waals surface area contributed by atoms with Gasteiger partial charge in [-0.1, -0.05) is 5.57 Å². The number of nitrogens with one attached hydrogen (secondary N) is 1. The van der Waals surface area contributed by atoms with E-state index in [2.05, 4.69) is 11.9 Å².